The molecule has 0 nitrogen and oxygen atoms in total. The summed E-state index contributed by atoms with van der Waals surface area (Å²) in [5, 5.41) is 2.00. The Hall–Kier alpha value is -0.730. The van der Waals surface area contributed by atoms with Gasteiger partial charge in [0.15, 0.2) is 0 Å². The van der Waals surface area contributed by atoms with Crippen LogP contribution in [0.2, 0.25) is 0 Å². The second-order valence-corrected chi connectivity index (χ2v) is 5.02. The Balaban J connectivity index is 2.70. The minimum absolute atomic E-state index is 1.03. The van der Waals surface area contributed by atoms with Crippen molar-refractivity contribution in [1.29, 1.82) is 0 Å². The first kappa shape index (κ1) is 12.3. The molecule has 1 aromatic carbocycles. The van der Waals surface area contributed by atoms with Gasteiger partial charge in [-0.1, -0.05) is 70.7 Å². The molecule has 0 unspecified atom stereocenters. The van der Waals surface area contributed by atoms with Crippen molar-refractivity contribution in [3.63, 3.8) is 0 Å². The molecular weight excluding hydrogens is 268 g/mol. The third-order valence-electron chi connectivity index (χ3n) is 1.74. The maximum atomic E-state index is 4.03. The lowest BCUT2D eigenvalue weighted by molar-refractivity contribution is 1.57. The van der Waals surface area contributed by atoms with Gasteiger partial charge in [-0.3, -0.25) is 0 Å². The highest BCUT2D eigenvalue weighted by molar-refractivity contribution is 9.10. The molecule has 1 rings (SSSR count). The summed E-state index contributed by atoms with van der Waals surface area (Å²) in [7, 11) is 0. The Labute approximate surface area is 104 Å². The summed E-state index contributed by atoms with van der Waals surface area (Å²) in [6, 6.07) is 8.07. The van der Waals surface area contributed by atoms with Crippen molar-refractivity contribution in [2.45, 2.75) is 6.92 Å². The smallest absolute Gasteiger partial charge is 0.0258 e. The summed E-state index contributed by atoms with van der Waals surface area (Å²) in [4.78, 5) is 1.03. The summed E-state index contributed by atoms with van der Waals surface area (Å²) < 4.78 is 1.08. The van der Waals surface area contributed by atoms with Crippen LogP contribution in [-0.2, 0) is 0 Å². The molecule has 0 saturated carbocycles. The number of allylic oxidation sites excluding steroid dienone is 2. The second-order valence-electron chi connectivity index (χ2n) is 3.17. The molecule has 1 aromatic rings. The van der Waals surface area contributed by atoms with Crippen molar-refractivity contribution >= 4 is 32.6 Å². The normalized spacial score (nSPS) is 10.5. The maximum absolute atomic E-state index is 4.03. The lowest BCUT2D eigenvalue weighted by Gasteiger charge is -2.04. The molecule has 0 radical (unpaired) electrons. The summed E-state index contributed by atoms with van der Waals surface area (Å²) in [5.41, 5.74) is 2.18. The molecule has 0 aliphatic rings. The predicted molar refractivity (Wildman–Crippen MR) is 74.7 cm³/mol. The summed E-state index contributed by atoms with van der Waals surface area (Å²) >= 11 is 5.11. The molecule has 0 aromatic heterocycles. The van der Waals surface area contributed by atoms with Gasteiger partial charge in [0.2, 0.25) is 0 Å². The zero-order valence-electron chi connectivity index (χ0n) is 8.66. The highest BCUT2D eigenvalue weighted by atomic mass is 79.9. The zero-order chi connectivity index (χ0) is 11.3. The molecular formula is C13H13BrS. The topological polar surface area (TPSA) is 0 Å². The molecule has 0 atom stereocenters. The average Bonchev–Trinajstić information content (AvgIpc) is 2.17. The van der Waals surface area contributed by atoms with Gasteiger partial charge in [0, 0.05) is 14.9 Å². The van der Waals surface area contributed by atoms with E-state index in [0.717, 1.165) is 20.5 Å². The van der Waals surface area contributed by atoms with Crippen molar-refractivity contribution in [2.24, 2.45) is 0 Å². The zero-order valence-corrected chi connectivity index (χ0v) is 11.1. The van der Waals surface area contributed by atoms with Crippen LogP contribution in [-0.4, -0.2) is 0 Å². The van der Waals surface area contributed by atoms with E-state index in [2.05, 4.69) is 29.1 Å². The fourth-order valence-electron chi connectivity index (χ4n) is 0.983. The summed E-state index contributed by atoms with van der Waals surface area (Å²) in [6.07, 6.45) is 1.98. The van der Waals surface area contributed by atoms with E-state index in [1.165, 1.54) is 0 Å². The van der Waals surface area contributed by atoms with Crippen molar-refractivity contribution in [3.05, 3.63) is 64.5 Å². The van der Waals surface area contributed by atoms with Gasteiger partial charge in [-0.15, -0.1) is 0 Å². The number of hydrogen-bond donors (Lipinski definition) is 0. The molecule has 0 saturated heterocycles. The van der Waals surface area contributed by atoms with E-state index < -0.39 is 0 Å². The van der Waals surface area contributed by atoms with Gasteiger partial charge in [-0.05, 0) is 18.4 Å². The minimum Gasteiger partial charge on any atom is -0.0980 e. The number of thioether (sulfide) groups is 1. The van der Waals surface area contributed by atoms with Gasteiger partial charge in [0.1, 0.15) is 0 Å². The van der Waals surface area contributed by atoms with Crippen LogP contribution in [0.1, 0.15) is 12.5 Å². The van der Waals surface area contributed by atoms with Gasteiger partial charge in [-0.2, -0.15) is 0 Å². The van der Waals surface area contributed by atoms with E-state index in [0.29, 0.717) is 0 Å². The summed E-state index contributed by atoms with van der Waals surface area (Å²) in [6.45, 7) is 9.81. The van der Waals surface area contributed by atoms with Crippen LogP contribution in [0.4, 0.5) is 0 Å². The van der Waals surface area contributed by atoms with Crippen LogP contribution in [0.3, 0.4) is 0 Å². The van der Waals surface area contributed by atoms with E-state index in [4.69, 9.17) is 0 Å². The van der Waals surface area contributed by atoms with Gasteiger partial charge in [-0.25, -0.2) is 0 Å². The molecule has 15 heavy (non-hydrogen) atoms. The van der Waals surface area contributed by atoms with E-state index in [-0.39, 0.29) is 0 Å². The van der Waals surface area contributed by atoms with Gasteiger partial charge in [0.25, 0.3) is 0 Å². The van der Waals surface area contributed by atoms with Crippen molar-refractivity contribution in [2.75, 3.05) is 0 Å². The number of rotatable bonds is 4. The van der Waals surface area contributed by atoms with Crippen molar-refractivity contribution in [1.82, 2.24) is 0 Å². The highest BCUT2D eigenvalue weighted by Crippen LogP contribution is 2.31. The molecule has 0 N–H and O–H groups in total. The molecule has 78 valence electrons. The van der Waals surface area contributed by atoms with Gasteiger partial charge in [0.05, 0.1) is 0 Å². The first-order chi connectivity index (χ1) is 7.11. The maximum Gasteiger partial charge on any atom is 0.0258 e. The number of hydrogen-bond acceptors (Lipinski definition) is 1. The lowest BCUT2D eigenvalue weighted by Crippen LogP contribution is -1.78. The molecule has 2 heteroatoms. The Morgan fingerprint density at radius 3 is 2.60 bits per heavy atom. The Morgan fingerprint density at radius 1 is 1.33 bits per heavy atom. The van der Waals surface area contributed by atoms with Crippen molar-refractivity contribution < 1.29 is 0 Å². The molecule has 0 bridgehead atoms. The Morgan fingerprint density at radius 2 is 2.00 bits per heavy atom. The minimum atomic E-state index is 1.03. The SMILES string of the molecule is C=C(C)/C=C\SC(=C)c1ccccc1Br. The van der Waals surface area contributed by atoms with E-state index >= 15 is 0 Å². The fraction of sp³-hybridized carbons (Fsp3) is 0.0769. The standard InChI is InChI=1S/C13H13BrS/c1-10(2)8-9-15-11(3)12-6-4-5-7-13(12)14/h4-9H,1,3H2,2H3/b9-8-. The largest absolute Gasteiger partial charge is 0.0980 e. The Kier molecular flexibility index (Phi) is 4.92. The Bertz CT molecular complexity index is 405. The number of benzene rings is 1. The van der Waals surface area contributed by atoms with Gasteiger partial charge >= 0.3 is 0 Å². The quantitative estimate of drug-likeness (QED) is 0.680. The van der Waals surface area contributed by atoms with Crippen molar-refractivity contribution in [3.8, 4) is 0 Å². The second kappa shape index (κ2) is 5.99. The molecule has 0 spiro atoms. The van der Waals surface area contributed by atoms with Crippen LogP contribution in [0.5, 0.6) is 0 Å². The van der Waals surface area contributed by atoms with E-state index in [9.17, 15) is 0 Å². The first-order valence-corrected chi connectivity index (χ1v) is 6.21. The lowest BCUT2D eigenvalue weighted by atomic mass is 10.2. The molecule has 0 heterocycles. The van der Waals surface area contributed by atoms with Crippen LogP contribution in [0.25, 0.3) is 4.91 Å². The molecule has 0 fully saturated rings. The van der Waals surface area contributed by atoms with Gasteiger partial charge < -0.3 is 0 Å². The van der Waals surface area contributed by atoms with Crippen LogP contribution >= 0.6 is 27.7 Å². The highest BCUT2D eigenvalue weighted by Gasteiger charge is 2.01. The van der Waals surface area contributed by atoms with Crippen LogP contribution in [0.15, 0.2) is 59.0 Å². The first-order valence-electron chi connectivity index (χ1n) is 4.54. The molecule has 0 aliphatic carbocycles. The monoisotopic (exact) mass is 280 g/mol. The molecule has 0 amide bonds. The third-order valence-corrected chi connectivity index (χ3v) is 3.21. The third kappa shape index (κ3) is 4.10. The van der Waals surface area contributed by atoms with Crippen LogP contribution in [0, 0.1) is 0 Å². The predicted octanol–water partition coefficient (Wildman–Crippen LogP) is 5.24. The average molecular weight is 281 g/mol. The molecule has 0 aliphatic heterocycles. The summed E-state index contributed by atoms with van der Waals surface area (Å²) in [5.74, 6) is 0. The fourth-order valence-corrected chi connectivity index (χ4v) is 2.41. The van der Waals surface area contributed by atoms with E-state index in [1.54, 1.807) is 11.8 Å². The van der Waals surface area contributed by atoms with E-state index in [1.807, 2.05) is 42.7 Å². The van der Waals surface area contributed by atoms with Crippen LogP contribution < -0.4 is 0 Å². The number of halogens is 1.